The van der Waals surface area contributed by atoms with Gasteiger partial charge in [-0.2, -0.15) is 0 Å². The van der Waals surface area contributed by atoms with Gasteiger partial charge >= 0.3 is 5.97 Å². The maximum Gasteiger partial charge on any atom is 0.305 e. The molecular formula is C54H109NO3. The van der Waals surface area contributed by atoms with E-state index in [0.717, 1.165) is 12.8 Å². The molecule has 0 bridgehead atoms. The summed E-state index contributed by atoms with van der Waals surface area (Å²) in [5.41, 5.74) is 5.15. The van der Waals surface area contributed by atoms with E-state index in [-0.39, 0.29) is 11.9 Å². The molecular weight excluding hydrogens is 711 g/mol. The Hall–Kier alpha value is -1.06. The van der Waals surface area contributed by atoms with Gasteiger partial charge in [0, 0.05) is 12.8 Å². The molecule has 0 aromatic rings. The first-order valence-electron chi connectivity index (χ1n) is 27.0. The second kappa shape index (κ2) is 55.9. The summed E-state index contributed by atoms with van der Waals surface area (Å²) in [7, 11) is 0. The summed E-state index contributed by atoms with van der Waals surface area (Å²) < 4.78 is 4.95. The lowest BCUT2D eigenvalue weighted by molar-refractivity contribution is -0.143. The number of amides is 1. The zero-order valence-corrected chi connectivity index (χ0v) is 40.5. The first-order valence-corrected chi connectivity index (χ1v) is 27.0. The zero-order chi connectivity index (χ0) is 42.5. The van der Waals surface area contributed by atoms with E-state index in [4.69, 9.17) is 10.5 Å². The molecule has 0 aromatic carbocycles. The van der Waals surface area contributed by atoms with Crippen molar-refractivity contribution in [3.8, 4) is 0 Å². The molecule has 0 heterocycles. The lowest BCUT2D eigenvalue weighted by Crippen LogP contribution is -2.09. The standard InChI is InChI=1S/C28H56O2.C26H53NO/c1-3-5-6-7-8-9-10-11-12-13-14-15-16-17-18-19-20-21-22-23-24-25-26-27-28(29)30-4-2;1-2-3-4-5-6-7-8-9-10-11-12-13-14-15-16-17-18-19-20-21-22-23-24-25-26(27)28/h3-27H2,1-2H3;2-25H2,1H3,(H2,27,28). The lowest BCUT2D eigenvalue weighted by Gasteiger charge is -2.04. The fraction of sp³-hybridized carbons (Fsp3) is 0.963. The van der Waals surface area contributed by atoms with Gasteiger partial charge in [0.1, 0.15) is 0 Å². The maximum atomic E-state index is 11.2. The average Bonchev–Trinajstić information content (AvgIpc) is 3.21. The minimum Gasteiger partial charge on any atom is -0.466 e. The third kappa shape index (κ3) is 59.3. The highest BCUT2D eigenvalue weighted by Gasteiger charge is 2.01. The van der Waals surface area contributed by atoms with E-state index >= 15 is 0 Å². The highest BCUT2D eigenvalue weighted by molar-refractivity contribution is 5.73. The SMILES string of the molecule is CCCCCCCCCCCCCCCCCCCCCCCCCC(=O)OCC.CCCCCCCCCCCCCCCCCCCCCCCCCC(N)=O. The summed E-state index contributed by atoms with van der Waals surface area (Å²) in [6.07, 6.45) is 65.6. The van der Waals surface area contributed by atoms with Crippen molar-refractivity contribution in [2.45, 2.75) is 329 Å². The highest BCUT2D eigenvalue weighted by Crippen LogP contribution is 2.18. The zero-order valence-electron chi connectivity index (χ0n) is 40.5. The quantitative estimate of drug-likeness (QED) is 0.0491. The highest BCUT2D eigenvalue weighted by atomic mass is 16.5. The van der Waals surface area contributed by atoms with Crippen molar-refractivity contribution in [2.24, 2.45) is 5.73 Å². The van der Waals surface area contributed by atoms with Gasteiger partial charge in [0.25, 0.3) is 0 Å². The van der Waals surface area contributed by atoms with E-state index in [1.54, 1.807) is 0 Å². The fourth-order valence-corrected chi connectivity index (χ4v) is 8.37. The van der Waals surface area contributed by atoms with Crippen LogP contribution in [0, 0.1) is 0 Å². The largest absolute Gasteiger partial charge is 0.466 e. The molecule has 0 aromatic heterocycles. The van der Waals surface area contributed by atoms with Crippen molar-refractivity contribution in [2.75, 3.05) is 6.61 Å². The van der Waals surface area contributed by atoms with Crippen molar-refractivity contribution < 1.29 is 14.3 Å². The Morgan fingerprint density at radius 3 is 0.621 bits per heavy atom. The van der Waals surface area contributed by atoms with E-state index in [9.17, 15) is 9.59 Å². The van der Waals surface area contributed by atoms with Crippen molar-refractivity contribution in [3.05, 3.63) is 0 Å². The molecule has 0 rings (SSSR count). The Balaban J connectivity index is 0. The van der Waals surface area contributed by atoms with Crippen LogP contribution in [0.1, 0.15) is 329 Å². The fourth-order valence-electron chi connectivity index (χ4n) is 8.37. The summed E-state index contributed by atoms with van der Waals surface area (Å²) >= 11 is 0. The summed E-state index contributed by atoms with van der Waals surface area (Å²) in [4.78, 5) is 21.9. The number of primary amides is 1. The van der Waals surface area contributed by atoms with E-state index in [1.165, 1.54) is 283 Å². The molecule has 0 spiro atoms. The summed E-state index contributed by atoms with van der Waals surface area (Å²) in [5, 5.41) is 0. The number of ether oxygens (including phenoxy) is 1. The Labute approximate surface area is 366 Å². The number of esters is 1. The van der Waals surface area contributed by atoms with E-state index in [2.05, 4.69) is 13.8 Å². The van der Waals surface area contributed by atoms with E-state index in [0.29, 0.717) is 19.4 Å². The normalized spacial score (nSPS) is 11.2. The van der Waals surface area contributed by atoms with Crippen LogP contribution >= 0.6 is 0 Å². The van der Waals surface area contributed by atoms with Crippen molar-refractivity contribution in [1.29, 1.82) is 0 Å². The predicted octanol–water partition coefficient (Wildman–Crippen LogP) is 18.8. The first kappa shape index (κ1) is 59.0. The van der Waals surface area contributed by atoms with Crippen molar-refractivity contribution in [3.63, 3.8) is 0 Å². The summed E-state index contributed by atoms with van der Waals surface area (Å²) in [5.74, 6) is -0.176. The van der Waals surface area contributed by atoms with Gasteiger partial charge in [0.15, 0.2) is 0 Å². The van der Waals surface area contributed by atoms with Gasteiger partial charge in [-0.1, -0.05) is 296 Å². The Morgan fingerprint density at radius 1 is 0.276 bits per heavy atom. The number of nitrogens with two attached hydrogens (primary N) is 1. The van der Waals surface area contributed by atoms with E-state index in [1.807, 2.05) is 6.92 Å². The number of carbonyl (C=O) groups is 2. The maximum absolute atomic E-state index is 11.2. The summed E-state index contributed by atoms with van der Waals surface area (Å²) in [6, 6.07) is 0. The van der Waals surface area contributed by atoms with Gasteiger partial charge < -0.3 is 10.5 Å². The molecule has 0 saturated heterocycles. The number of rotatable bonds is 49. The number of carbonyl (C=O) groups excluding carboxylic acids is 2. The molecule has 0 radical (unpaired) electrons. The molecule has 4 heteroatoms. The van der Waals surface area contributed by atoms with E-state index < -0.39 is 0 Å². The average molecular weight is 820 g/mol. The Morgan fingerprint density at radius 2 is 0.448 bits per heavy atom. The number of hydrogen-bond acceptors (Lipinski definition) is 3. The molecule has 0 aliphatic heterocycles. The van der Waals surface area contributed by atoms with Gasteiger partial charge in [-0.3, -0.25) is 9.59 Å². The van der Waals surface area contributed by atoms with Crippen LogP contribution in [0.15, 0.2) is 0 Å². The van der Waals surface area contributed by atoms with Crippen LogP contribution in [0.4, 0.5) is 0 Å². The number of unbranched alkanes of at least 4 members (excludes halogenated alkanes) is 44. The Bertz CT molecular complexity index is 755. The van der Waals surface area contributed by atoms with Crippen LogP contribution in [0.3, 0.4) is 0 Å². The molecule has 1 amide bonds. The van der Waals surface area contributed by atoms with Crippen molar-refractivity contribution in [1.82, 2.24) is 0 Å². The van der Waals surface area contributed by atoms with Gasteiger partial charge in [0.2, 0.25) is 5.91 Å². The van der Waals surface area contributed by atoms with Crippen LogP contribution in [0.5, 0.6) is 0 Å². The number of hydrogen-bond donors (Lipinski definition) is 1. The lowest BCUT2D eigenvalue weighted by atomic mass is 10.0. The predicted molar refractivity (Wildman–Crippen MR) is 259 cm³/mol. The molecule has 0 saturated carbocycles. The van der Waals surface area contributed by atoms with Gasteiger partial charge in [-0.15, -0.1) is 0 Å². The molecule has 348 valence electrons. The smallest absolute Gasteiger partial charge is 0.305 e. The molecule has 0 atom stereocenters. The van der Waals surface area contributed by atoms with Crippen molar-refractivity contribution >= 4 is 11.9 Å². The monoisotopic (exact) mass is 820 g/mol. The summed E-state index contributed by atoms with van der Waals surface area (Å²) in [6.45, 7) is 6.97. The molecule has 58 heavy (non-hydrogen) atoms. The van der Waals surface area contributed by atoms with Gasteiger partial charge in [-0.25, -0.2) is 0 Å². The minimum atomic E-state index is -0.150. The van der Waals surface area contributed by atoms with Crippen LogP contribution in [0.2, 0.25) is 0 Å². The minimum absolute atomic E-state index is 0.0269. The molecule has 0 aliphatic rings. The van der Waals surface area contributed by atoms with Crippen LogP contribution in [0.25, 0.3) is 0 Å². The topological polar surface area (TPSA) is 69.4 Å². The third-order valence-electron chi connectivity index (χ3n) is 12.3. The second-order valence-corrected chi connectivity index (χ2v) is 18.3. The Kier molecular flexibility index (Phi) is 56.9. The van der Waals surface area contributed by atoms with Crippen LogP contribution in [-0.2, 0) is 14.3 Å². The third-order valence-corrected chi connectivity index (χ3v) is 12.3. The molecule has 2 N–H and O–H groups in total. The molecule has 0 aliphatic carbocycles. The molecule has 4 nitrogen and oxygen atoms in total. The molecule has 0 unspecified atom stereocenters. The van der Waals surface area contributed by atoms with Crippen LogP contribution < -0.4 is 5.73 Å². The second-order valence-electron chi connectivity index (χ2n) is 18.3. The van der Waals surface area contributed by atoms with Gasteiger partial charge in [0.05, 0.1) is 6.61 Å². The van der Waals surface area contributed by atoms with Gasteiger partial charge in [-0.05, 0) is 19.8 Å². The first-order chi connectivity index (χ1) is 28.6. The van der Waals surface area contributed by atoms with Crippen LogP contribution in [-0.4, -0.2) is 18.5 Å². The molecule has 0 fully saturated rings.